The van der Waals surface area contributed by atoms with E-state index in [4.69, 9.17) is 25.5 Å². The minimum atomic E-state index is -2.50. The minimum Gasteiger partial charge on any atom is -0.374 e. The van der Waals surface area contributed by atoms with E-state index in [2.05, 4.69) is 14.1 Å². The fraction of sp³-hybridized carbons (Fsp3) is 0.909. The lowest BCUT2D eigenvalue weighted by atomic mass is 10.6. The first-order valence-electron chi connectivity index (χ1n) is 6.16. The molecule has 0 rings (SSSR count). The maximum atomic E-state index is 5.79. The number of nitrogens with zero attached hydrogens (tertiary/aromatic N) is 1. The van der Waals surface area contributed by atoms with Crippen molar-refractivity contribution in [2.24, 2.45) is 0 Å². The van der Waals surface area contributed by atoms with Gasteiger partial charge in [-0.1, -0.05) is 0 Å². The molecular formula is C11H26NO3SSi+. The predicted octanol–water partition coefficient (Wildman–Crippen LogP) is 2.07. The summed E-state index contributed by atoms with van der Waals surface area (Å²) in [7, 11) is 1.63. The fourth-order valence-electron chi connectivity index (χ4n) is 1.48. The van der Waals surface area contributed by atoms with Gasteiger partial charge < -0.3 is 13.3 Å². The van der Waals surface area contributed by atoms with Crippen LogP contribution >= 0.6 is 12.2 Å². The summed E-state index contributed by atoms with van der Waals surface area (Å²) >= 11 is 5.01. The quantitative estimate of drug-likeness (QED) is 0.348. The van der Waals surface area contributed by atoms with Crippen LogP contribution < -0.4 is 0 Å². The molecule has 0 bridgehead atoms. The molecule has 0 aliphatic rings. The molecule has 0 atom stereocenters. The Kier molecular flexibility index (Phi) is 8.36. The molecule has 0 aliphatic carbocycles. The molecular weight excluding hydrogens is 254 g/mol. The van der Waals surface area contributed by atoms with E-state index in [0.717, 1.165) is 12.6 Å². The predicted molar refractivity (Wildman–Crippen MR) is 76.1 cm³/mol. The Morgan fingerprint density at radius 2 is 1.41 bits per heavy atom. The Bertz CT molecular complexity index is 210. The molecule has 102 valence electrons. The van der Waals surface area contributed by atoms with Gasteiger partial charge in [0.25, 0.3) is 0 Å². The van der Waals surface area contributed by atoms with Crippen molar-refractivity contribution in [3.63, 3.8) is 0 Å². The summed E-state index contributed by atoms with van der Waals surface area (Å²) in [5.74, 6) is 0. The minimum absolute atomic E-state index is 0.622. The number of thiocarbonyl (C=S) groups is 1. The van der Waals surface area contributed by atoms with Gasteiger partial charge in [0.1, 0.15) is 0 Å². The van der Waals surface area contributed by atoms with Crippen molar-refractivity contribution < 1.29 is 17.8 Å². The Balaban J connectivity index is 4.58. The average molecular weight is 280 g/mol. The van der Waals surface area contributed by atoms with E-state index in [1.54, 1.807) is 5.49 Å². The SMILES string of the molecule is CCO[Si](CC[N+](C)(C)C=S)(OCC)OCC. The van der Waals surface area contributed by atoms with E-state index in [-0.39, 0.29) is 0 Å². The maximum absolute atomic E-state index is 5.79. The average Bonchev–Trinajstić information content (AvgIpc) is 2.28. The first-order valence-corrected chi connectivity index (χ1v) is 8.56. The number of rotatable bonds is 10. The lowest BCUT2D eigenvalue weighted by Gasteiger charge is -2.31. The molecule has 0 aromatic carbocycles. The largest absolute Gasteiger partial charge is 0.506 e. The van der Waals surface area contributed by atoms with Crippen molar-refractivity contribution in [1.82, 2.24) is 0 Å². The summed E-state index contributed by atoms with van der Waals surface area (Å²) in [5.41, 5.74) is 1.75. The summed E-state index contributed by atoms with van der Waals surface area (Å²) in [5, 5.41) is 0. The van der Waals surface area contributed by atoms with Gasteiger partial charge in [-0.25, -0.2) is 0 Å². The standard InChI is InChI=1S/C11H26NO3SSi/c1-6-13-17(14-7-2,15-8-3)10-9-12(4,5)11-16/h11H,6-10H2,1-5H3/q+1. The van der Waals surface area contributed by atoms with E-state index in [0.29, 0.717) is 24.3 Å². The molecule has 0 fully saturated rings. The zero-order valence-electron chi connectivity index (χ0n) is 11.7. The van der Waals surface area contributed by atoms with Crippen LogP contribution in [0, 0.1) is 0 Å². The van der Waals surface area contributed by atoms with Crippen LogP contribution in [0.25, 0.3) is 0 Å². The molecule has 0 radical (unpaired) electrons. The van der Waals surface area contributed by atoms with Gasteiger partial charge in [-0.05, 0) is 33.0 Å². The second-order valence-corrected chi connectivity index (χ2v) is 7.28. The summed E-state index contributed by atoms with van der Waals surface area (Å²) < 4.78 is 18.0. The Labute approximate surface area is 112 Å². The first kappa shape index (κ1) is 17.1. The van der Waals surface area contributed by atoms with E-state index < -0.39 is 8.80 Å². The molecule has 0 amide bonds. The number of hydrogen-bond donors (Lipinski definition) is 0. The molecule has 0 unspecified atom stereocenters. The van der Waals surface area contributed by atoms with Gasteiger partial charge in [-0.2, -0.15) is 0 Å². The molecule has 0 N–H and O–H groups in total. The molecule has 0 spiro atoms. The highest BCUT2D eigenvalue weighted by molar-refractivity contribution is 7.78. The van der Waals surface area contributed by atoms with E-state index >= 15 is 0 Å². The zero-order chi connectivity index (χ0) is 13.4. The third-order valence-electron chi connectivity index (χ3n) is 2.37. The third-order valence-corrected chi connectivity index (χ3v) is 5.96. The van der Waals surface area contributed by atoms with Crippen LogP contribution in [0.15, 0.2) is 0 Å². The van der Waals surface area contributed by atoms with Gasteiger partial charge in [-0.3, -0.25) is 4.48 Å². The van der Waals surface area contributed by atoms with Crippen molar-refractivity contribution in [1.29, 1.82) is 0 Å². The molecule has 0 heterocycles. The van der Waals surface area contributed by atoms with Crippen LogP contribution in [-0.4, -0.2) is 59.2 Å². The highest BCUT2D eigenvalue weighted by Gasteiger charge is 2.42. The number of hydrogen-bond acceptors (Lipinski definition) is 4. The number of quaternary nitrogens is 1. The van der Waals surface area contributed by atoms with E-state index in [9.17, 15) is 0 Å². The van der Waals surface area contributed by atoms with Gasteiger partial charge in [-0.15, -0.1) is 0 Å². The molecule has 17 heavy (non-hydrogen) atoms. The monoisotopic (exact) mass is 280 g/mol. The van der Waals surface area contributed by atoms with Gasteiger partial charge in [0, 0.05) is 19.8 Å². The summed E-state index contributed by atoms with van der Waals surface area (Å²) in [4.78, 5) is 0. The van der Waals surface area contributed by atoms with Gasteiger partial charge >= 0.3 is 8.80 Å². The zero-order valence-corrected chi connectivity index (χ0v) is 13.5. The topological polar surface area (TPSA) is 27.7 Å². The Hall–Kier alpha value is 0.147. The molecule has 0 aromatic heterocycles. The van der Waals surface area contributed by atoms with Crippen molar-refractivity contribution in [2.45, 2.75) is 26.8 Å². The third kappa shape index (κ3) is 6.59. The lowest BCUT2D eigenvalue weighted by Crippen LogP contribution is -2.50. The maximum Gasteiger partial charge on any atom is 0.506 e. The van der Waals surface area contributed by atoms with E-state index in [1.165, 1.54) is 0 Å². The molecule has 6 heteroatoms. The normalized spacial score (nSPS) is 12.8. The van der Waals surface area contributed by atoms with Crippen molar-refractivity contribution >= 4 is 26.5 Å². The molecule has 0 aromatic rings. The lowest BCUT2D eigenvalue weighted by molar-refractivity contribution is -0.787. The van der Waals surface area contributed by atoms with Gasteiger partial charge in [0.05, 0.1) is 26.7 Å². The van der Waals surface area contributed by atoms with E-state index in [1.807, 2.05) is 20.8 Å². The summed E-state index contributed by atoms with van der Waals surface area (Å²) in [6.07, 6.45) is 0. The molecule has 4 nitrogen and oxygen atoms in total. The molecule has 0 saturated carbocycles. The van der Waals surface area contributed by atoms with Crippen molar-refractivity contribution in [3.05, 3.63) is 0 Å². The Morgan fingerprint density at radius 1 is 1.00 bits per heavy atom. The Morgan fingerprint density at radius 3 is 1.71 bits per heavy atom. The summed E-state index contributed by atoms with van der Waals surface area (Å²) in [6, 6.07) is 0.794. The van der Waals surface area contributed by atoms with Crippen LogP contribution in [0.1, 0.15) is 20.8 Å². The summed E-state index contributed by atoms with van der Waals surface area (Å²) in [6.45, 7) is 8.65. The highest BCUT2D eigenvalue weighted by atomic mass is 32.1. The second-order valence-electron chi connectivity index (χ2n) is 4.34. The van der Waals surface area contributed by atoms with Crippen LogP contribution in [0.4, 0.5) is 0 Å². The fourth-order valence-corrected chi connectivity index (χ4v) is 4.44. The van der Waals surface area contributed by atoms with Gasteiger partial charge in [0.15, 0.2) is 5.49 Å². The van der Waals surface area contributed by atoms with Crippen LogP contribution in [-0.2, 0) is 13.3 Å². The first-order chi connectivity index (χ1) is 7.95. The second kappa shape index (κ2) is 8.28. The van der Waals surface area contributed by atoms with Gasteiger partial charge in [0.2, 0.25) is 0 Å². The van der Waals surface area contributed by atoms with Crippen LogP contribution in [0.5, 0.6) is 0 Å². The highest BCUT2D eigenvalue weighted by Crippen LogP contribution is 2.17. The van der Waals surface area contributed by atoms with Crippen LogP contribution in [0.3, 0.4) is 0 Å². The molecule has 0 saturated heterocycles. The van der Waals surface area contributed by atoms with Crippen LogP contribution in [0.2, 0.25) is 6.04 Å². The molecule has 0 aliphatic heterocycles. The van der Waals surface area contributed by atoms with Crippen molar-refractivity contribution in [3.8, 4) is 0 Å². The van der Waals surface area contributed by atoms with Crippen molar-refractivity contribution in [2.75, 3.05) is 40.5 Å². The smallest absolute Gasteiger partial charge is 0.374 e.